The second-order valence-electron chi connectivity index (χ2n) is 9.27. The molecule has 39 heavy (non-hydrogen) atoms. The predicted molar refractivity (Wildman–Crippen MR) is 155 cm³/mol. The van der Waals surface area contributed by atoms with Gasteiger partial charge in [-0.15, -0.1) is 0 Å². The molecule has 3 aromatic rings. The molecule has 4 rings (SSSR count). The number of benzene rings is 2. The number of amides is 1. The Hall–Kier alpha value is -4.38. The molecule has 0 spiro atoms. The smallest absolute Gasteiger partial charge is 0.332 e. The summed E-state index contributed by atoms with van der Waals surface area (Å²) in [6.45, 7) is 4.21. The summed E-state index contributed by atoms with van der Waals surface area (Å²) < 4.78 is 7.20. The Morgan fingerprint density at radius 2 is 1.77 bits per heavy atom. The van der Waals surface area contributed by atoms with Gasteiger partial charge in [0, 0.05) is 20.2 Å². The van der Waals surface area contributed by atoms with E-state index in [1.165, 1.54) is 31.7 Å². The van der Waals surface area contributed by atoms with Crippen LogP contribution in [0.2, 0.25) is 0 Å². The SMILES string of the molecule is COc1cccc(N2C(=O)/C(=C\c3ccc(C(C)C)cc3)N=C2SCC(=O)c2c(N)n(C)c(=O)n(C)c2=O)c1. The van der Waals surface area contributed by atoms with Crippen LogP contribution in [0.1, 0.15) is 41.3 Å². The lowest BCUT2D eigenvalue weighted by molar-refractivity contribution is -0.113. The number of aromatic nitrogens is 2. The number of thioether (sulfide) groups is 1. The minimum Gasteiger partial charge on any atom is -0.497 e. The highest BCUT2D eigenvalue weighted by Crippen LogP contribution is 2.32. The first-order chi connectivity index (χ1) is 18.5. The van der Waals surface area contributed by atoms with Gasteiger partial charge in [0.1, 0.15) is 22.8 Å². The Morgan fingerprint density at radius 1 is 1.08 bits per heavy atom. The van der Waals surface area contributed by atoms with Crippen LogP contribution in [-0.4, -0.2) is 38.9 Å². The highest BCUT2D eigenvalue weighted by atomic mass is 32.2. The Kier molecular flexibility index (Phi) is 7.91. The lowest BCUT2D eigenvalue weighted by atomic mass is 10.0. The third kappa shape index (κ3) is 5.44. The molecule has 0 saturated heterocycles. The summed E-state index contributed by atoms with van der Waals surface area (Å²) in [5.74, 6) is -0.489. The van der Waals surface area contributed by atoms with E-state index in [9.17, 15) is 19.2 Å². The number of amidine groups is 1. The number of rotatable bonds is 7. The van der Waals surface area contributed by atoms with Gasteiger partial charge in [-0.2, -0.15) is 0 Å². The molecule has 11 heteroatoms. The maximum Gasteiger partial charge on any atom is 0.332 e. The third-order valence-corrected chi connectivity index (χ3v) is 7.31. The van der Waals surface area contributed by atoms with Crippen molar-refractivity contribution in [2.24, 2.45) is 19.1 Å². The molecular weight excluding hydrogens is 518 g/mol. The summed E-state index contributed by atoms with van der Waals surface area (Å²) in [6, 6.07) is 14.8. The molecule has 2 aromatic carbocycles. The minimum atomic E-state index is -0.777. The van der Waals surface area contributed by atoms with Gasteiger partial charge in [-0.05, 0) is 35.3 Å². The van der Waals surface area contributed by atoms with Gasteiger partial charge in [0.2, 0.25) is 0 Å². The number of carbonyl (C=O) groups excluding carboxylic acids is 2. The average molecular weight is 548 g/mol. The monoisotopic (exact) mass is 547 g/mol. The molecule has 0 atom stereocenters. The van der Waals surface area contributed by atoms with Gasteiger partial charge in [-0.3, -0.25) is 28.4 Å². The number of methoxy groups -OCH3 is 1. The van der Waals surface area contributed by atoms with E-state index in [0.717, 1.165) is 26.5 Å². The molecule has 10 nitrogen and oxygen atoms in total. The molecule has 0 bridgehead atoms. The number of ketones is 1. The molecule has 0 radical (unpaired) electrons. The van der Waals surface area contributed by atoms with Crippen LogP contribution in [0, 0.1) is 0 Å². The van der Waals surface area contributed by atoms with Crippen molar-refractivity contribution in [3.63, 3.8) is 0 Å². The van der Waals surface area contributed by atoms with Crippen LogP contribution in [0.3, 0.4) is 0 Å². The zero-order chi connectivity index (χ0) is 28.4. The standard InChI is InChI=1S/C28H29N5O5S/c1-16(2)18-11-9-17(10-12-18)13-21-25(35)33(19-7-6-8-20(14-19)38-5)27(30-21)39-15-22(34)23-24(29)31(3)28(37)32(4)26(23)36/h6-14,16H,15,29H2,1-5H3/b21-13+. The van der Waals surface area contributed by atoms with Gasteiger partial charge in [-0.25, -0.2) is 9.79 Å². The van der Waals surface area contributed by atoms with E-state index in [-0.39, 0.29) is 33.9 Å². The number of carbonyl (C=O) groups is 2. The average Bonchev–Trinajstić information content (AvgIpc) is 3.24. The number of hydrogen-bond donors (Lipinski definition) is 1. The van der Waals surface area contributed by atoms with Crippen molar-refractivity contribution in [2.75, 3.05) is 23.5 Å². The van der Waals surface area contributed by atoms with Crippen molar-refractivity contribution < 1.29 is 14.3 Å². The van der Waals surface area contributed by atoms with Crippen LogP contribution in [-0.2, 0) is 18.9 Å². The molecule has 1 aliphatic heterocycles. The highest BCUT2D eigenvalue weighted by Gasteiger charge is 2.33. The third-order valence-electron chi connectivity index (χ3n) is 6.37. The van der Waals surface area contributed by atoms with E-state index >= 15 is 0 Å². The molecular formula is C28H29N5O5S. The van der Waals surface area contributed by atoms with E-state index in [1.807, 2.05) is 24.3 Å². The summed E-state index contributed by atoms with van der Waals surface area (Å²) in [5, 5.41) is 0.256. The van der Waals surface area contributed by atoms with E-state index in [4.69, 9.17) is 10.5 Å². The largest absolute Gasteiger partial charge is 0.497 e. The highest BCUT2D eigenvalue weighted by molar-refractivity contribution is 8.14. The fourth-order valence-electron chi connectivity index (χ4n) is 4.03. The maximum absolute atomic E-state index is 13.5. The molecule has 0 aliphatic carbocycles. The first-order valence-electron chi connectivity index (χ1n) is 12.1. The van der Waals surface area contributed by atoms with Gasteiger partial charge >= 0.3 is 5.69 Å². The van der Waals surface area contributed by atoms with Gasteiger partial charge < -0.3 is 10.5 Å². The summed E-state index contributed by atoms with van der Waals surface area (Å²) in [5.41, 5.74) is 6.94. The number of hydrogen-bond acceptors (Lipinski definition) is 8. The second kappa shape index (κ2) is 11.2. The molecule has 0 fully saturated rings. The molecule has 202 valence electrons. The number of ether oxygens (including phenoxy) is 1. The van der Waals surface area contributed by atoms with Crippen molar-refractivity contribution in [2.45, 2.75) is 19.8 Å². The number of anilines is 2. The first kappa shape index (κ1) is 27.6. The van der Waals surface area contributed by atoms with Crippen LogP contribution in [0.5, 0.6) is 5.75 Å². The molecule has 2 N–H and O–H groups in total. The van der Waals surface area contributed by atoms with E-state index in [0.29, 0.717) is 17.4 Å². The number of aliphatic imine (C=N–C) groups is 1. The summed E-state index contributed by atoms with van der Waals surface area (Å²) in [7, 11) is 4.19. The summed E-state index contributed by atoms with van der Waals surface area (Å²) >= 11 is 0.994. The number of nitrogens with zero attached hydrogens (tertiary/aromatic N) is 4. The van der Waals surface area contributed by atoms with Crippen molar-refractivity contribution >= 4 is 46.2 Å². The molecule has 1 amide bonds. The first-order valence-corrected chi connectivity index (χ1v) is 13.1. The van der Waals surface area contributed by atoms with Crippen LogP contribution in [0.4, 0.5) is 11.5 Å². The van der Waals surface area contributed by atoms with E-state index in [2.05, 4.69) is 18.8 Å². The predicted octanol–water partition coefficient (Wildman–Crippen LogP) is 3.16. The van der Waals surface area contributed by atoms with Crippen LogP contribution >= 0.6 is 11.8 Å². The number of nitrogen functional groups attached to an aromatic ring is 1. The zero-order valence-electron chi connectivity index (χ0n) is 22.3. The number of Topliss-reactive ketones (excluding diaryl/α,β-unsaturated/α-hetero) is 1. The fourth-order valence-corrected chi connectivity index (χ4v) is 4.91. The maximum atomic E-state index is 13.5. The molecule has 0 unspecified atom stereocenters. The molecule has 0 saturated carbocycles. The van der Waals surface area contributed by atoms with Gasteiger partial charge in [0.05, 0.1) is 18.6 Å². The lowest BCUT2D eigenvalue weighted by Gasteiger charge is -2.18. The normalized spacial score (nSPS) is 14.3. The van der Waals surface area contributed by atoms with Crippen LogP contribution in [0.25, 0.3) is 6.08 Å². The van der Waals surface area contributed by atoms with Crippen LogP contribution < -0.4 is 26.6 Å². The van der Waals surface area contributed by atoms with Crippen LogP contribution in [0.15, 0.2) is 68.8 Å². The Balaban J connectivity index is 1.70. The van der Waals surface area contributed by atoms with Gasteiger partial charge in [0.25, 0.3) is 11.5 Å². The van der Waals surface area contributed by atoms with Crippen molar-refractivity contribution in [1.29, 1.82) is 0 Å². The van der Waals surface area contributed by atoms with E-state index in [1.54, 1.807) is 30.3 Å². The zero-order valence-corrected chi connectivity index (χ0v) is 23.1. The van der Waals surface area contributed by atoms with Gasteiger partial charge in [-0.1, -0.05) is 55.9 Å². The van der Waals surface area contributed by atoms with Crippen molar-refractivity contribution in [1.82, 2.24) is 9.13 Å². The van der Waals surface area contributed by atoms with E-state index < -0.39 is 17.0 Å². The topological polar surface area (TPSA) is 129 Å². The molecule has 1 aliphatic rings. The summed E-state index contributed by atoms with van der Waals surface area (Å²) in [4.78, 5) is 57.4. The van der Waals surface area contributed by atoms with Gasteiger partial charge in [0.15, 0.2) is 11.0 Å². The fraction of sp³-hybridized carbons (Fsp3) is 0.250. The molecule has 1 aromatic heterocycles. The minimum absolute atomic E-state index is 0.197. The van der Waals surface area contributed by atoms with Crippen molar-refractivity contribution in [3.8, 4) is 5.75 Å². The number of nitrogens with two attached hydrogens (primary N) is 1. The Labute approximate surface area is 229 Å². The molecule has 2 heterocycles. The second-order valence-corrected chi connectivity index (χ2v) is 10.2. The Morgan fingerprint density at radius 3 is 2.41 bits per heavy atom. The Bertz CT molecular complexity index is 1630. The lowest BCUT2D eigenvalue weighted by Crippen LogP contribution is -2.42. The van der Waals surface area contributed by atoms with Crippen molar-refractivity contribution in [3.05, 3.63) is 91.8 Å². The quantitative estimate of drug-likeness (QED) is 0.355. The summed E-state index contributed by atoms with van der Waals surface area (Å²) in [6.07, 6.45) is 1.69.